The van der Waals surface area contributed by atoms with E-state index in [4.69, 9.17) is 4.98 Å². The van der Waals surface area contributed by atoms with Crippen LogP contribution in [0.1, 0.15) is 5.82 Å². The molecule has 6 aromatic rings. The molecule has 0 saturated heterocycles. The van der Waals surface area contributed by atoms with Crippen LogP contribution in [0.2, 0.25) is 0 Å². The average Bonchev–Trinajstić information content (AvgIpc) is 3.54. The first kappa shape index (κ1) is 18.0. The van der Waals surface area contributed by atoms with Crippen LogP contribution < -0.4 is 0 Å². The predicted octanol–water partition coefficient (Wildman–Crippen LogP) is 5.68. The van der Waals surface area contributed by atoms with Gasteiger partial charge in [0.2, 0.25) is 0 Å². The minimum absolute atomic E-state index is 0.191. The number of hydrogen-bond acceptors (Lipinski definition) is 4. The van der Waals surface area contributed by atoms with Gasteiger partial charge in [0.25, 0.3) is 0 Å². The maximum atomic E-state index is 13.6. The van der Waals surface area contributed by atoms with E-state index in [0.717, 1.165) is 72.3 Å². The van der Waals surface area contributed by atoms with Crippen molar-refractivity contribution >= 4 is 33.3 Å². The quantitative estimate of drug-likeness (QED) is 0.381. The number of aryl methyl sites for hydroxylation is 1. The van der Waals surface area contributed by atoms with E-state index in [-0.39, 0.29) is 5.13 Å². The lowest BCUT2D eigenvalue weighted by molar-refractivity contribution is 0.657. The van der Waals surface area contributed by atoms with Gasteiger partial charge in [-0.1, -0.05) is 12.1 Å². The Morgan fingerprint density at radius 3 is 2.74 bits per heavy atom. The largest absolute Gasteiger partial charge is 0.353 e. The van der Waals surface area contributed by atoms with Gasteiger partial charge in [-0.25, -0.2) is 9.97 Å². The lowest BCUT2D eigenvalue weighted by Gasteiger charge is -2.03. The number of nitrogens with one attached hydrogen (secondary N) is 2. The van der Waals surface area contributed by atoms with Gasteiger partial charge in [0.1, 0.15) is 17.0 Å². The van der Waals surface area contributed by atoms with Crippen LogP contribution in [-0.4, -0.2) is 29.7 Å². The lowest BCUT2D eigenvalue weighted by Crippen LogP contribution is -1.96. The number of nitrogens with zero attached hydrogens (tertiary/aromatic N) is 4. The second kappa shape index (κ2) is 6.61. The smallest absolute Gasteiger partial charge is 0.176 e. The zero-order valence-corrected chi connectivity index (χ0v) is 17.6. The number of aromatic amines is 2. The molecule has 0 atom stereocenters. The minimum Gasteiger partial charge on any atom is -0.353 e. The van der Waals surface area contributed by atoms with E-state index in [1.807, 2.05) is 61.1 Å². The molecule has 0 bridgehead atoms. The van der Waals surface area contributed by atoms with Crippen molar-refractivity contribution in [3.05, 3.63) is 65.7 Å². The molecule has 6 nitrogen and oxygen atoms in total. The monoisotopic (exact) mass is 428 g/mol. The molecule has 152 valence electrons. The Morgan fingerprint density at radius 1 is 1.06 bits per heavy atom. The minimum atomic E-state index is -0.191. The Labute approximate surface area is 180 Å². The number of fused-ring (bicyclic) bond motifs is 2. The van der Waals surface area contributed by atoms with Crippen molar-refractivity contribution in [3.63, 3.8) is 0 Å². The highest BCUT2D eigenvalue weighted by molar-refractivity contribution is 7.14. The highest BCUT2D eigenvalue weighted by Gasteiger charge is 2.17. The molecular formula is C23H17FN6S. The number of pyridine rings is 1. The van der Waals surface area contributed by atoms with E-state index in [0.29, 0.717) is 0 Å². The molecule has 1 aromatic carbocycles. The molecule has 31 heavy (non-hydrogen) atoms. The van der Waals surface area contributed by atoms with Crippen LogP contribution in [0.5, 0.6) is 0 Å². The second-order valence-corrected chi connectivity index (χ2v) is 8.50. The molecule has 8 heteroatoms. The van der Waals surface area contributed by atoms with Crippen LogP contribution in [0.4, 0.5) is 4.39 Å². The fourth-order valence-electron chi connectivity index (χ4n) is 3.93. The van der Waals surface area contributed by atoms with Crippen LogP contribution in [0.25, 0.3) is 55.2 Å². The number of rotatable bonds is 3. The third-order valence-corrected chi connectivity index (χ3v) is 6.56. The van der Waals surface area contributed by atoms with Gasteiger partial charge in [-0.05, 0) is 43.3 Å². The van der Waals surface area contributed by atoms with Crippen molar-refractivity contribution < 1.29 is 4.39 Å². The number of halogens is 1. The van der Waals surface area contributed by atoms with E-state index in [2.05, 4.69) is 26.2 Å². The van der Waals surface area contributed by atoms with Crippen LogP contribution in [0.15, 0.2) is 54.7 Å². The predicted molar refractivity (Wildman–Crippen MR) is 121 cm³/mol. The fourth-order valence-corrected chi connectivity index (χ4v) is 4.70. The van der Waals surface area contributed by atoms with Crippen molar-refractivity contribution in [2.24, 2.45) is 7.05 Å². The van der Waals surface area contributed by atoms with E-state index >= 15 is 0 Å². The summed E-state index contributed by atoms with van der Waals surface area (Å²) in [4.78, 5) is 13.6. The molecule has 0 aliphatic carbocycles. The summed E-state index contributed by atoms with van der Waals surface area (Å²) in [5.74, 6) is 0.928. The van der Waals surface area contributed by atoms with Gasteiger partial charge in [-0.15, -0.1) is 11.3 Å². The van der Waals surface area contributed by atoms with Crippen LogP contribution in [0, 0.1) is 12.1 Å². The molecule has 0 spiro atoms. The molecule has 0 radical (unpaired) electrons. The number of benzene rings is 1. The topological polar surface area (TPSA) is 75.2 Å². The molecule has 6 rings (SSSR count). The Kier molecular flexibility index (Phi) is 3.85. The number of hydrogen-bond donors (Lipinski definition) is 2. The highest BCUT2D eigenvalue weighted by Crippen LogP contribution is 2.36. The van der Waals surface area contributed by atoms with Crippen LogP contribution >= 0.6 is 11.3 Å². The maximum Gasteiger partial charge on any atom is 0.176 e. The SMILES string of the molecule is Cc1ncc(-c2ccc3[nH]nc(-c4cc5c(-c6ccc(F)s6)cccc5[nH]4)c3n2)n1C. The van der Waals surface area contributed by atoms with E-state index in [9.17, 15) is 4.39 Å². The Hall–Kier alpha value is -3.78. The summed E-state index contributed by atoms with van der Waals surface area (Å²) in [6.07, 6.45) is 1.83. The Morgan fingerprint density at radius 2 is 1.97 bits per heavy atom. The van der Waals surface area contributed by atoms with Gasteiger partial charge in [-0.3, -0.25) is 5.10 Å². The highest BCUT2D eigenvalue weighted by atomic mass is 32.1. The van der Waals surface area contributed by atoms with Gasteiger partial charge < -0.3 is 9.55 Å². The maximum absolute atomic E-state index is 13.6. The fraction of sp³-hybridized carbons (Fsp3) is 0.0870. The normalized spacial score (nSPS) is 11.7. The van der Waals surface area contributed by atoms with Crippen molar-refractivity contribution in [2.45, 2.75) is 6.92 Å². The third-order valence-electron chi connectivity index (χ3n) is 5.65. The zero-order valence-electron chi connectivity index (χ0n) is 16.8. The first-order valence-electron chi connectivity index (χ1n) is 9.80. The molecule has 5 heterocycles. The summed E-state index contributed by atoms with van der Waals surface area (Å²) in [6.45, 7) is 1.97. The van der Waals surface area contributed by atoms with Crippen molar-refractivity contribution in [1.82, 2.24) is 29.7 Å². The van der Waals surface area contributed by atoms with E-state index in [1.54, 1.807) is 0 Å². The van der Waals surface area contributed by atoms with E-state index in [1.165, 1.54) is 6.07 Å². The van der Waals surface area contributed by atoms with Gasteiger partial charge in [-0.2, -0.15) is 9.49 Å². The molecule has 0 amide bonds. The Bertz CT molecular complexity index is 1580. The van der Waals surface area contributed by atoms with E-state index < -0.39 is 0 Å². The number of imidazole rings is 1. The van der Waals surface area contributed by atoms with Crippen LogP contribution in [-0.2, 0) is 7.05 Å². The molecule has 0 aliphatic rings. The summed E-state index contributed by atoms with van der Waals surface area (Å²) in [7, 11) is 1.98. The average molecular weight is 428 g/mol. The third kappa shape index (κ3) is 2.79. The molecule has 0 aliphatic heterocycles. The summed E-state index contributed by atoms with van der Waals surface area (Å²) >= 11 is 1.14. The van der Waals surface area contributed by atoms with Gasteiger partial charge in [0, 0.05) is 28.4 Å². The van der Waals surface area contributed by atoms with Crippen molar-refractivity contribution in [2.75, 3.05) is 0 Å². The summed E-state index contributed by atoms with van der Waals surface area (Å²) in [6, 6.07) is 15.3. The molecule has 0 unspecified atom stereocenters. The van der Waals surface area contributed by atoms with Crippen molar-refractivity contribution in [3.8, 4) is 33.2 Å². The molecule has 5 aromatic heterocycles. The van der Waals surface area contributed by atoms with Crippen molar-refractivity contribution in [1.29, 1.82) is 0 Å². The number of H-pyrrole nitrogens is 2. The summed E-state index contributed by atoms with van der Waals surface area (Å²) < 4.78 is 15.6. The standard InChI is InChI=1S/C23H17FN6S/c1-12-25-11-19(30(12)2)16-6-7-17-22(27-16)23(29-28-17)18-10-14-13(4-3-5-15(14)26-18)20-8-9-21(24)31-20/h3-11,26H,1-2H3,(H,28,29). The summed E-state index contributed by atoms with van der Waals surface area (Å²) in [5.41, 5.74) is 6.99. The molecular weight excluding hydrogens is 411 g/mol. The first-order chi connectivity index (χ1) is 15.1. The second-order valence-electron chi connectivity index (χ2n) is 7.47. The Balaban J connectivity index is 1.52. The molecule has 2 N–H and O–H groups in total. The van der Waals surface area contributed by atoms with Gasteiger partial charge >= 0.3 is 0 Å². The number of aromatic nitrogens is 6. The van der Waals surface area contributed by atoms with Gasteiger partial charge in [0.05, 0.1) is 28.8 Å². The zero-order chi connectivity index (χ0) is 21.1. The summed E-state index contributed by atoms with van der Waals surface area (Å²) in [5, 5.41) is 8.44. The number of thiophene rings is 1. The molecule has 0 saturated carbocycles. The lowest BCUT2D eigenvalue weighted by atomic mass is 10.1. The van der Waals surface area contributed by atoms with Crippen LogP contribution in [0.3, 0.4) is 0 Å². The van der Waals surface area contributed by atoms with Gasteiger partial charge in [0.15, 0.2) is 5.13 Å². The molecule has 0 fully saturated rings. The first-order valence-corrected chi connectivity index (χ1v) is 10.6.